The maximum Gasteiger partial charge on any atom is 0.243 e. The van der Waals surface area contributed by atoms with Crippen molar-refractivity contribution < 1.29 is 13.2 Å². The van der Waals surface area contributed by atoms with E-state index < -0.39 is 17.5 Å². The molecule has 34 heavy (non-hydrogen) atoms. The quantitative estimate of drug-likeness (QED) is 0.389. The first kappa shape index (κ1) is 22.6. The van der Waals surface area contributed by atoms with E-state index in [1.807, 2.05) is 14.0 Å². The van der Waals surface area contributed by atoms with Gasteiger partial charge in [-0.1, -0.05) is 6.92 Å². The van der Waals surface area contributed by atoms with Crippen molar-refractivity contribution in [2.45, 2.75) is 32.7 Å². The zero-order chi connectivity index (χ0) is 24.0. The average molecular weight is 488 g/mol. The molecule has 3 heterocycles. The molecule has 0 bridgehead atoms. The van der Waals surface area contributed by atoms with Crippen LogP contribution in [0.25, 0.3) is 16.8 Å². The highest BCUT2D eigenvalue weighted by atomic mass is 32.1. The molecule has 5 rings (SSSR count). The number of hydrogen-bond acceptors (Lipinski definition) is 7. The number of nitrogens with zero attached hydrogens (tertiary/aromatic N) is 6. The largest absolute Gasteiger partial charge is 0.350 e. The van der Waals surface area contributed by atoms with E-state index in [4.69, 9.17) is 0 Å². The average Bonchev–Trinajstić information content (AvgIpc) is 3.52. The van der Waals surface area contributed by atoms with E-state index in [2.05, 4.69) is 36.6 Å². The Morgan fingerprint density at radius 3 is 2.71 bits per heavy atom. The normalized spacial score (nSPS) is 20.2. The molecule has 1 aromatic carbocycles. The molecule has 11 heteroatoms. The van der Waals surface area contributed by atoms with Crippen molar-refractivity contribution in [1.29, 1.82) is 0 Å². The Bertz CT molecular complexity index is 1340. The predicted octanol–water partition coefficient (Wildman–Crippen LogP) is 4.94. The third-order valence-corrected chi connectivity index (χ3v) is 7.37. The number of pyridine rings is 1. The number of aryl methyl sites for hydroxylation is 1. The van der Waals surface area contributed by atoms with Gasteiger partial charge in [-0.2, -0.15) is 9.36 Å². The molecule has 7 nitrogen and oxygen atoms in total. The van der Waals surface area contributed by atoms with Gasteiger partial charge in [-0.05, 0) is 55.9 Å². The van der Waals surface area contributed by atoms with Gasteiger partial charge in [0, 0.05) is 48.5 Å². The molecule has 178 valence electrons. The molecule has 1 fully saturated rings. The second-order valence-corrected chi connectivity index (χ2v) is 9.57. The molecule has 0 aliphatic heterocycles. The summed E-state index contributed by atoms with van der Waals surface area (Å²) in [5, 5.41) is 8.88. The van der Waals surface area contributed by atoms with Crippen molar-refractivity contribution >= 4 is 28.3 Å². The van der Waals surface area contributed by atoms with Gasteiger partial charge in [0.25, 0.3) is 0 Å². The summed E-state index contributed by atoms with van der Waals surface area (Å²) in [5.41, 5.74) is 0.630. The zero-order valence-electron chi connectivity index (χ0n) is 19.0. The van der Waals surface area contributed by atoms with Gasteiger partial charge in [-0.15, -0.1) is 5.10 Å². The first-order valence-electron chi connectivity index (χ1n) is 11.1. The van der Waals surface area contributed by atoms with Crippen LogP contribution in [0, 0.1) is 36.2 Å². The molecule has 0 unspecified atom stereocenters. The van der Waals surface area contributed by atoms with Gasteiger partial charge in [0.05, 0.1) is 0 Å². The van der Waals surface area contributed by atoms with Crippen molar-refractivity contribution in [2.75, 3.05) is 23.8 Å². The summed E-state index contributed by atoms with van der Waals surface area (Å²) >= 11 is 1.39. The second kappa shape index (κ2) is 8.86. The van der Waals surface area contributed by atoms with Crippen molar-refractivity contribution in [3.63, 3.8) is 0 Å². The van der Waals surface area contributed by atoms with E-state index >= 15 is 0 Å². The summed E-state index contributed by atoms with van der Waals surface area (Å²) in [4.78, 5) is 11.2. The van der Waals surface area contributed by atoms with Gasteiger partial charge in [-0.25, -0.2) is 22.7 Å². The Balaban J connectivity index is 1.41. The van der Waals surface area contributed by atoms with E-state index in [-0.39, 0.29) is 11.6 Å². The fourth-order valence-corrected chi connectivity index (χ4v) is 5.34. The number of benzene rings is 1. The van der Waals surface area contributed by atoms with Gasteiger partial charge in [0.15, 0.2) is 23.1 Å². The Hall–Kier alpha value is -3.21. The number of anilines is 2. The molecule has 0 radical (unpaired) electrons. The SMILES string of the molecule is Cc1nsc(N(C)C[C@@H]2CC[C@H](C)[C@H]2Nc2nc3c(-c4ccc(F)c(F)c4F)cccn3n2)n1. The number of nitrogens with one attached hydrogen (secondary N) is 1. The minimum atomic E-state index is -1.50. The molecular formula is C23H24F3N7S. The van der Waals surface area contributed by atoms with Crippen LogP contribution in [0.15, 0.2) is 30.5 Å². The minimum absolute atomic E-state index is 0.0652. The first-order chi connectivity index (χ1) is 16.3. The molecular weight excluding hydrogens is 463 g/mol. The number of halogens is 3. The summed E-state index contributed by atoms with van der Waals surface area (Å²) in [6.45, 7) is 4.89. The molecule has 0 spiro atoms. The van der Waals surface area contributed by atoms with E-state index in [0.29, 0.717) is 29.0 Å². The standard InChI is InChI=1S/C23H24F3N7S/c1-12-6-7-14(11-32(3)23-27-13(2)31-34-23)20(12)28-22-29-21-16(5-4-10-33(21)30-22)15-8-9-17(24)19(26)18(15)25/h4-5,8-10,12,14,20H,6-7,11H2,1-3H3,(H,28,30)/t12-,14-,20+/m0/s1. The van der Waals surface area contributed by atoms with Crippen LogP contribution in [0.1, 0.15) is 25.6 Å². The molecule has 3 atom stereocenters. The third-order valence-electron chi connectivity index (χ3n) is 6.45. The van der Waals surface area contributed by atoms with Crippen LogP contribution in [0.5, 0.6) is 0 Å². The van der Waals surface area contributed by atoms with E-state index in [0.717, 1.165) is 36.4 Å². The van der Waals surface area contributed by atoms with E-state index in [9.17, 15) is 13.2 Å². The van der Waals surface area contributed by atoms with Crippen LogP contribution in [0.4, 0.5) is 24.3 Å². The fourth-order valence-electron chi connectivity index (χ4n) is 4.70. The van der Waals surface area contributed by atoms with Crippen LogP contribution < -0.4 is 10.2 Å². The highest BCUT2D eigenvalue weighted by Crippen LogP contribution is 2.35. The van der Waals surface area contributed by atoms with Crippen LogP contribution in [-0.2, 0) is 0 Å². The van der Waals surface area contributed by atoms with Crippen molar-refractivity contribution in [3.05, 3.63) is 53.7 Å². The minimum Gasteiger partial charge on any atom is -0.350 e. The summed E-state index contributed by atoms with van der Waals surface area (Å²) < 4.78 is 47.5. The maximum atomic E-state index is 14.5. The van der Waals surface area contributed by atoms with E-state index in [1.165, 1.54) is 22.1 Å². The van der Waals surface area contributed by atoms with Gasteiger partial charge in [-0.3, -0.25) is 0 Å². The van der Waals surface area contributed by atoms with Crippen molar-refractivity contribution in [3.8, 4) is 11.1 Å². The summed E-state index contributed by atoms with van der Waals surface area (Å²) in [6, 6.07) is 5.54. The molecule has 0 saturated heterocycles. The highest BCUT2D eigenvalue weighted by Gasteiger charge is 2.35. The Labute approximate surface area is 198 Å². The Morgan fingerprint density at radius 1 is 1.12 bits per heavy atom. The Morgan fingerprint density at radius 2 is 1.94 bits per heavy atom. The van der Waals surface area contributed by atoms with E-state index in [1.54, 1.807) is 18.3 Å². The third kappa shape index (κ3) is 4.08. The molecule has 1 N–H and O–H groups in total. The number of fused-ring (bicyclic) bond motifs is 1. The monoisotopic (exact) mass is 487 g/mol. The van der Waals surface area contributed by atoms with Crippen molar-refractivity contribution in [2.24, 2.45) is 11.8 Å². The van der Waals surface area contributed by atoms with Crippen molar-refractivity contribution in [1.82, 2.24) is 24.0 Å². The smallest absolute Gasteiger partial charge is 0.243 e. The topological polar surface area (TPSA) is 71.2 Å². The molecule has 1 aliphatic rings. The van der Waals surface area contributed by atoms with Crippen LogP contribution in [0.3, 0.4) is 0 Å². The van der Waals surface area contributed by atoms with Gasteiger partial charge in [0.2, 0.25) is 11.1 Å². The fraction of sp³-hybridized carbons (Fsp3) is 0.391. The molecule has 1 aliphatic carbocycles. The highest BCUT2D eigenvalue weighted by molar-refractivity contribution is 7.09. The lowest BCUT2D eigenvalue weighted by Crippen LogP contribution is -2.36. The number of aromatic nitrogens is 5. The van der Waals surface area contributed by atoms with Gasteiger partial charge < -0.3 is 10.2 Å². The second-order valence-electron chi connectivity index (χ2n) is 8.84. The molecule has 4 aromatic rings. The zero-order valence-corrected chi connectivity index (χ0v) is 19.8. The Kier molecular flexibility index (Phi) is 5.88. The lowest BCUT2D eigenvalue weighted by atomic mass is 9.98. The lowest BCUT2D eigenvalue weighted by Gasteiger charge is -2.27. The summed E-state index contributed by atoms with van der Waals surface area (Å²) in [7, 11) is 2.02. The molecule has 1 saturated carbocycles. The van der Waals surface area contributed by atoms with Crippen LogP contribution in [0.2, 0.25) is 0 Å². The molecule has 3 aromatic heterocycles. The number of hydrogen-bond donors (Lipinski definition) is 1. The lowest BCUT2D eigenvalue weighted by molar-refractivity contribution is 0.449. The number of rotatable bonds is 6. The first-order valence-corrected chi connectivity index (χ1v) is 11.9. The van der Waals surface area contributed by atoms with Crippen LogP contribution in [-0.4, -0.2) is 43.6 Å². The van der Waals surface area contributed by atoms with Gasteiger partial charge >= 0.3 is 0 Å². The maximum absolute atomic E-state index is 14.5. The predicted molar refractivity (Wildman–Crippen MR) is 126 cm³/mol. The summed E-state index contributed by atoms with van der Waals surface area (Å²) in [5.74, 6) is -2.05. The van der Waals surface area contributed by atoms with Gasteiger partial charge in [0.1, 0.15) is 5.82 Å². The van der Waals surface area contributed by atoms with Crippen LogP contribution >= 0.6 is 11.5 Å². The molecule has 0 amide bonds. The summed E-state index contributed by atoms with van der Waals surface area (Å²) in [6.07, 6.45) is 3.82.